The fraction of sp³-hybridized carbons (Fsp3) is 0.346. The molecule has 2 aromatic rings. The van der Waals surface area contributed by atoms with Crippen molar-refractivity contribution in [2.24, 2.45) is 22.4 Å². The number of carbonyl (C=O) groups excluding carboxylic acids is 2. The van der Waals surface area contributed by atoms with E-state index in [4.69, 9.17) is 11.5 Å². The molecule has 0 saturated heterocycles. The molecule has 192 valence electrons. The Morgan fingerprint density at radius 1 is 1.11 bits per heavy atom. The molecule has 0 bridgehead atoms. The van der Waals surface area contributed by atoms with E-state index in [1.165, 1.54) is 19.1 Å². The predicted octanol–water partition coefficient (Wildman–Crippen LogP) is 4.84. The van der Waals surface area contributed by atoms with Crippen molar-refractivity contribution >= 4 is 23.2 Å². The molecule has 6 nitrogen and oxygen atoms in total. The number of allylic oxidation sites excluding steroid dienone is 1. The summed E-state index contributed by atoms with van der Waals surface area (Å²) in [5.74, 6) is -1.72. The molecule has 1 unspecified atom stereocenters. The lowest BCUT2D eigenvalue weighted by Gasteiger charge is -2.32. The van der Waals surface area contributed by atoms with Gasteiger partial charge in [0, 0.05) is 18.2 Å². The highest BCUT2D eigenvalue weighted by atomic mass is 19.4. The number of alkyl halides is 3. The van der Waals surface area contributed by atoms with Crippen LogP contribution in [0.3, 0.4) is 0 Å². The van der Waals surface area contributed by atoms with Gasteiger partial charge in [0.2, 0.25) is 5.91 Å². The number of hydrogen-bond acceptors (Lipinski definition) is 4. The van der Waals surface area contributed by atoms with Crippen LogP contribution in [0.25, 0.3) is 0 Å². The van der Waals surface area contributed by atoms with Gasteiger partial charge in [-0.3, -0.25) is 14.6 Å². The Morgan fingerprint density at radius 2 is 1.72 bits per heavy atom. The van der Waals surface area contributed by atoms with Crippen molar-refractivity contribution in [2.75, 3.05) is 12.4 Å². The third-order valence-corrected chi connectivity index (χ3v) is 6.30. The average molecular weight is 505 g/mol. The second kappa shape index (κ2) is 10.6. The van der Waals surface area contributed by atoms with Gasteiger partial charge < -0.3 is 16.8 Å². The van der Waals surface area contributed by atoms with E-state index in [0.29, 0.717) is 35.1 Å². The molecule has 1 saturated carbocycles. The molecule has 1 aliphatic carbocycles. The number of hydrogen-bond donors (Lipinski definition) is 3. The van der Waals surface area contributed by atoms with Gasteiger partial charge in [-0.05, 0) is 67.2 Å². The maximum atomic E-state index is 14.6. The summed E-state index contributed by atoms with van der Waals surface area (Å²) in [7, 11) is 0.964. The lowest BCUT2D eigenvalue weighted by Crippen LogP contribution is -2.38. The molecule has 2 amide bonds. The van der Waals surface area contributed by atoms with Crippen LogP contribution in [0, 0.1) is 11.7 Å². The monoisotopic (exact) mass is 504 g/mol. The number of aliphatic imine (C=N–C) groups is 1. The maximum absolute atomic E-state index is 14.6. The van der Waals surface area contributed by atoms with Crippen molar-refractivity contribution < 1.29 is 27.2 Å². The van der Waals surface area contributed by atoms with Gasteiger partial charge in [0.1, 0.15) is 11.5 Å². The fourth-order valence-corrected chi connectivity index (χ4v) is 3.89. The summed E-state index contributed by atoms with van der Waals surface area (Å²) in [5, 5.41) is 2.33. The zero-order chi connectivity index (χ0) is 26.7. The number of halogens is 4. The molecule has 36 heavy (non-hydrogen) atoms. The number of anilines is 1. The first-order chi connectivity index (χ1) is 16.8. The normalized spacial score (nSPS) is 16.4. The van der Waals surface area contributed by atoms with E-state index in [9.17, 15) is 27.2 Å². The highest BCUT2D eigenvalue weighted by molar-refractivity contribution is 6.10. The molecular weight excluding hydrogens is 476 g/mol. The van der Waals surface area contributed by atoms with Crippen molar-refractivity contribution in [1.29, 1.82) is 0 Å². The van der Waals surface area contributed by atoms with E-state index in [2.05, 4.69) is 10.3 Å². The molecule has 2 aromatic carbocycles. The minimum Gasteiger partial charge on any atom is -0.366 e. The van der Waals surface area contributed by atoms with Crippen LogP contribution in [-0.2, 0) is 10.3 Å². The zero-order valence-corrected chi connectivity index (χ0v) is 20.0. The van der Waals surface area contributed by atoms with Gasteiger partial charge >= 0.3 is 6.18 Å². The second-order valence-corrected chi connectivity index (χ2v) is 8.98. The number of nitrogens with zero attached hydrogens (tertiary/aromatic N) is 1. The Labute approximate surface area is 206 Å². The first-order valence-electron chi connectivity index (χ1n) is 11.4. The fourth-order valence-electron chi connectivity index (χ4n) is 3.89. The van der Waals surface area contributed by atoms with Crippen molar-refractivity contribution in [3.8, 4) is 0 Å². The molecule has 0 radical (unpaired) electrons. The summed E-state index contributed by atoms with van der Waals surface area (Å²) in [4.78, 5) is 27.2. The van der Waals surface area contributed by atoms with E-state index < -0.39 is 35.1 Å². The SMILES string of the molecule is CN=C(/C=C(\C)C(=O)Nc1cc(C(N)(CCC2CC2)c2ccc(C(N)=O)cc2)ccc1F)C(F)(F)F. The van der Waals surface area contributed by atoms with Crippen LogP contribution in [0.4, 0.5) is 23.2 Å². The molecule has 3 rings (SSSR count). The Morgan fingerprint density at radius 3 is 2.25 bits per heavy atom. The lowest BCUT2D eigenvalue weighted by atomic mass is 9.79. The standard InChI is InChI=1S/C26H28F4N4O2/c1-15(13-22(33-2)26(28,29)30)24(36)34-21-14-19(9-10-20(21)27)25(32,12-11-16-3-4-16)18-7-5-17(6-8-18)23(31)35/h5-10,13-14,16H,3-4,11-12,32H2,1-2H3,(H2,31,35)(H,34,36)/b15-13+,33-22?. The smallest absolute Gasteiger partial charge is 0.366 e. The number of amides is 2. The Balaban J connectivity index is 1.94. The molecule has 1 fully saturated rings. The summed E-state index contributed by atoms with van der Waals surface area (Å²) in [6.07, 6.45) is -0.576. The molecule has 0 heterocycles. The van der Waals surface area contributed by atoms with Crippen LogP contribution in [0.5, 0.6) is 0 Å². The van der Waals surface area contributed by atoms with E-state index >= 15 is 0 Å². The number of nitrogens with two attached hydrogens (primary N) is 2. The number of primary amides is 1. The molecule has 0 aliphatic heterocycles. The second-order valence-electron chi connectivity index (χ2n) is 8.98. The van der Waals surface area contributed by atoms with E-state index in [1.54, 1.807) is 24.3 Å². The third kappa shape index (κ3) is 6.37. The summed E-state index contributed by atoms with van der Waals surface area (Å²) < 4.78 is 53.6. The topological polar surface area (TPSA) is 111 Å². The van der Waals surface area contributed by atoms with Crippen molar-refractivity contribution in [3.63, 3.8) is 0 Å². The van der Waals surface area contributed by atoms with Crippen LogP contribution >= 0.6 is 0 Å². The first kappa shape index (κ1) is 27.1. The number of benzene rings is 2. The number of nitrogens with one attached hydrogen (secondary N) is 1. The number of carbonyl (C=O) groups is 2. The highest BCUT2D eigenvalue weighted by Crippen LogP contribution is 2.40. The zero-order valence-electron chi connectivity index (χ0n) is 20.0. The minimum atomic E-state index is -4.73. The quantitative estimate of drug-likeness (QED) is 0.258. The largest absolute Gasteiger partial charge is 0.432 e. The third-order valence-electron chi connectivity index (χ3n) is 6.30. The van der Waals surface area contributed by atoms with E-state index in [0.717, 1.165) is 32.4 Å². The van der Waals surface area contributed by atoms with E-state index in [1.807, 2.05) is 0 Å². The van der Waals surface area contributed by atoms with Crippen LogP contribution in [0.15, 0.2) is 59.1 Å². The van der Waals surface area contributed by atoms with Gasteiger partial charge in [-0.2, -0.15) is 13.2 Å². The van der Waals surface area contributed by atoms with Gasteiger partial charge in [0.15, 0.2) is 0 Å². The average Bonchev–Trinajstić information content (AvgIpc) is 3.66. The maximum Gasteiger partial charge on any atom is 0.432 e. The molecule has 5 N–H and O–H groups in total. The number of rotatable bonds is 9. The molecule has 10 heteroatoms. The summed E-state index contributed by atoms with van der Waals surface area (Å²) in [6, 6.07) is 10.5. The molecule has 0 aromatic heterocycles. The van der Waals surface area contributed by atoms with Crippen LogP contribution in [0.2, 0.25) is 0 Å². The van der Waals surface area contributed by atoms with Gasteiger partial charge in [-0.15, -0.1) is 0 Å². The van der Waals surface area contributed by atoms with Gasteiger partial charge in [-0.25, -0.2) is 4.39 Å². The van der Waals surface area contributed by atoms with Crippen LogP contribution in [-0.4, -0.2) is 30.8 Å². The van der Waals surface area contributed by atoms with E-state index in [-0.39, 0.29) is 11.3 Å². The Kier molecular flexibility index (Phi) is 7.98. The van der Waals surface area contributed by atoms with Gasteiger partial charge in [-0.1, -0.05) is 31.0 Å². The molecule has 1 aliphatic rings. The van der Waals surface area contributed by atoms with Gasteiger partial charge in [0.25, 0.3) is 5.91 Å². The minimum absolute atomic E-state index is 0.220. The predicted molar refractivity (Wildman–Crippen MR) is 130 cm³/mol. The lowest BCUT2D eigenvalue weighted by molar-refractivity contribution is -0.112. The molecule has 1 atom stereocenters. The molecule has 0 spiro atoms. The van der Waals surface area contributed by atoms with Crippen molar-refractivity contribution in [2.45, 2.75) is 44.3 Å². The molecular formula is C26H28F4N4O2. The van der Waals surface area contributed by atoms with Crippen LogP contribution < -0.4 is 16.8 Å². The summed E-state index contributed by atoms with van der Waals surface area (Å²) >= 11 is 0. The highest BCUT2D eigenvalue weighted by Gasteiger charge is 2.35. The van der Waals surface area contributed by atoms with Crippen molar-refractivity contribution in [1.82, 2.24) is 0 Å². The van der Waals surface area contributed by atoms with Crippen LogP contribution in [0.1, 0.15) is 54.1 Å². The van der Waals surface area contributed by atoms with Gasteiger partial charge in [0.05, 0.1) is 11.2 Å². The van der Waals surface area contributed by atoms with Crippen molar-refractivity contribution in [3.05, 3.63) is 76.6 Å². The Bertz CT molecular complexity index is 1200. The summed E-state index contributed by atoms with van der Waals surface area (Å²) in [6.45, 7) is 1.18. The Hall–Kier alpha value is -3.53. The summed E-state index contributed by atoms with van der Waals surface area (Å²) in [5.41, 5.74) is 10.9. The first-order valence-corrected chi connectivity index (χ1v) is 11.4.